The number of urea groups is 1. The van der Waals surface area contributed by atoms with Crippen LogP contribution in [0, 0.1) is 6.92 Å². The van der Waals surface area contributed by atoms with E-state index < -0.39 is 16.1 Å². The smallest absolute Gasteiger partial charge is 0.323 e. The molecule has 0 unspecified atom stereocenters. The van der Waals surface area contributed by atoms with Gasteiger partial charge in [-0.3, -0.25) is 4.72 Å². The van der Waals surface area contributed by atoms with Crippen molar-refractivity contribution in [3.8, 4) is 5.75 Å². The number of hydrogen-bond acceptors (Lipinski definition) is 4. The van der Waals surface area contributed by atoms with Gasteiger partial charge in [-0.15, -0.1) is 0 Å². The fourth-order valence-electron chi connectivity index (χ4n) is 2.59. The zero-order valence-corrected chi connectivity index (χ0v) is 16.8. The van der Waals surface area contributed by atoms with E-state index >= 15 is 0 Å². The molecule has 7 nitrogen and oxygen atoms in total. The maximum Gasteiger partial charge on any atom is 0.323 e. The molecule has 0 radical (unpaired) electrons. The number of rotatable bonds is 6. The van der Waals surface area contributed by atoms with Gasteiger partial charge in [0.1, 0.15) is 5.75 Å². The second-order valence-corrected chi connectivity index (χ2v) is 7.96. The summed E-state index contributed by atoms with van der Waals surface area (Å²) in [6.45, 7) is 1.88. The van der Waals surface area contributed by atoms with Crippen molar-refractivity contribution in [3.63, 3.8) is 0 Å². The molecule has 0 aliphatic carbocycles. The highest BCUT2D eigenvalue weighted by atomic mass is 32.2. The summed E-state index contributed by atoms with van der Waals surface area (Å²) in [5, 5.41) is 5.35. The molecule has 0 saturated carbocycles. The third-order valence-electron chi connectivity index (χ3n) is 4.08. The standard InChI is InChI=1S/C21H21N3O4S/c1-15-10-12-18(13-11-15)29(26,27)24-20-9-4-3-8-19(20)23-21(25)22-16-6-5-7-17(14-16)28-2/h3-14,24H,1-2H3,(H2,22,23,25). The van der Waals surface area contributed by atoms with Gasteiger partial charge in [-0.25, -0.2) is 13.2 Å². The number of benzene rings is 3. The predicted molar refractivity (Wildman–Crippen MR) is 114 cm³/mol. The number of carbonyl (C=O) groups excluding carboxylic acids is 1. The van der Waals surface area contributed by atoms with Crippen LogP contribution >= 0.6 is 0 Å². The summed E-state index contributed by atoms with van der Waals surface area (Å²) in [4.78, 5) is 12.5. The predicted octanol–water partition coefficient (Wildman–Crippen LogP) is 4.45. The van der Waals surface area contributed by atoms with Crippen LogP contribution in [0.4, 0.5) is 21.9 Å². The molecule has 0 spiro atoms. The van der Waals surface area contributed by atoms with Gasteiger partial charge >= 0.3 is 6.03 Å². The molecule has 3 aromatic rings. The van der Waals surface area contributed by atoms with Crippen LogP contribution in [0.3, 0.4) is 0 Å². The largest absolute Gasteiger partial charge is 0.497 e. The molecular formula is C21H21N3O4S. The Balaban J connectivity index is 1.76. The maximum atomic E-state index is 12.7. The Kier molecular flexibility index (Phi) is 6.04. The van der Waals surface area contributed by atoms with Gasteiger partial charge in [0.15, 0.2) is 0 Å². The first-order valence-electron chi connectivity index (χ1n) is 8.78. The molecule has 0 heterocycles. The minimum absolute atomic E-state index is 0.138. The zero-order valence-electron chi connectivity index (χ0n) is 16.0. The van der Waals surface area contributed by atoms with Crippen molar-refractivity contribution in [1.29, 1.82) is 0 Å². The van der Waals surface area contributed by atoms with Crippen molar-refractivity contribution in [2.24, 2.45) is 0 Å². The van der Waals surface area contributed by atoms with Gasteiger partial charge in [-0.05, 0) is 43.3 Å². The minimum Gasteiger partial charge on any atom is -0.497 e. The highest BCUT2D eigenvalue weighted by molar-refractivity contribution is 7.92. The van der Waals surface area contributed by atoms with Gasteiger partial charge < -0.3 is 15.4 Å². The highest BCUT2D eigenvalue weighted by Gasteiger charge is 2.16. The van der Waals surface area contributed by atoms with Crippen molar-refractivity contribution in [2.45, 2.75) is 11.8 Å². The van der Waals surface area contributed by atoms with Gasteiger partial charge in [-0.2, -0.15) is 0 Å². The number of carbonyl (C=O) groups is 1. The zero-order chi connectivity index (χ0) is 20.9. The molecular weight excluding hydrogens is 390 g/mol. The summed E-state index contributed by atoms with van der Waals surface area (Å²) in [7, 11) is -2.26. The van der Waals surface area contributed by atoms with Crippen LogP contribution in [0.5, 0.6) is 5.75 Å². The molecule has 8 heteroatoms. The molecule has 3 aromatic carbocycles. The topological polar surface area (TPSA) is 96.5 Å². The summed E-state index contributed by atoms with van der Waals surface area (Å²) in [5.74, 6) is 0.606. The van der Waals surface area contributed by atoms with Crippen LogP contribution < -0.4 is 20.1 Å². The Bertz CT molecular complexity index is 1110. The highest BCUT2D eigenvalue weighted by Crippen LogP contribution is 2.25. The molecule has 29 heavy (non-hydrogen) atoms. The van der Waals surface area contributed by atoms with Gasteiger partial charge in [0, 0.05) is 11.8 Å². The van der Waals surface area contributed by atoms with E-state index in [1.165, 1.54) is 19.2 Å². The van der Waals surface area contributed by atoms with Crippen LogP contribution in [0.1, 0.15) is 5.56 Å². The van der Waals surface area contributed by atoms with Crippen LogP contribution in [0.25, 0.3) is 0 Å². The number of nitrogens with one attached hydrogen (secondary N) is 3. The van der Waals surface area contributed by atoms with Gasteiger partial charge in [0.25, 0.3) is 10.0 Å². The molecule has 0 atom stereocenters. The molecule has 3 N–H and O–H groups in total. The molecule has 0 aliphatic heterocycles. The Labute approximate surface area is 169 Å². The molecule has 0 saturated heterocycles. The lowest BCUT2D eigenvalue weighted by Gasteiger charge is -2.14. The number of hydrogen-bond donors (Lipinski definition) is 3. The van der Waals surface area contributed by atoms with Crippen molar-refractivity contribution >= 4 is 33.1 Å². The monoisotopic (exact) mass is 411 g/mol. The molecule has 0 fully saturated rings. The lowest BCUT2D eigenvalue weighted by molar-refractivity contribution is 0.262. The minimum atomic E-state index is -3.79. The van der Waals surface area contributed by atoms with E-state index in [0.717, 1.165) is 5.56 Å². The third-order valence-corrected chi connectivity index (χ3v) is 5.46. The normalized spacial score (nSPS) is 10.8. The Morgan fingerprint density at radius 3 is 2.24 bits per heavy atom. The Hall–Kier alpha value is -3.52. The summed E-state index contributed by atoms with van der Waals surface area (Å²) >= 11 is 0. The Morgan fingerprint density at radius 1 is 0.862 bits per heavy atom. The number of anilines is 3. The quantitative estimate of drug-likeness (QED) is 0.558. The maximum absolute atomic E-state index is 12.7. The van der Waals surface area contributed by atoms with E-state index in [2.05, 4.69) is 15.4 Å². The van der Waals surface area contributed by atoms with E-state index in [4.69, 9.17) is 4.74 Å². The van der Waals surface area contributed by atoms with Crippen LogP contribution in [0.15, 0.2) is 77.7 Å². The van der Waals surface area contributed by atoms with E-state index in [9.17, 15) is 13.2 Å². The summed E-state index contributed by atoms with van der Waals surface area (Å²) in [6.07, 6.45) is 0. The van der Waals surface area contributed by atoms with Crippen LogP contribution in [-0.2, 0) is 10.0 Å². The van der Waals surface area contributed by atoms with Crippen LogP contribution in [0.2, 0.25) is 0 Å². The summed E-state index contributed by atoms with van der Waals surface area (Å²) in [5.41, 5.74) is 2.08. The van der Waals surface area contributed by atoms with Crippen LogP contribution in [-0.4, -0.2) is 21.6 Å². The van der Waals surface area contributed by atoms with Gasteiger partial charge in [0.05, 0.1) is 23.4 Å². The SMILES string of the molecule is COc1cccc(NC(=O)Nc2ccccc2NS(=O)(=O)c2ccc(C)cc2)c1. The van der Waals surface area contributed by atoms with Gasteiger partial charge in [0.2, 0.25) is 0 Å². The average Bonchev–Trinajstić information content (AvgIpc) is 2.69. The Morgan fingerprint density at radius 2 is 1.55 bits per heavy atom. The van der Waals surface area contributed by atoms with Crippen molar-refractivity contribution in [1.82, 2.24) is 0 Å². The van der Waals surface area contributed by atoms with E-state index in [1.807, 2.05) is 6.92 Å². The van der Waals surface area contributed by atoms with Gasteiger partial charge in [-0.1, -0.05) is 35.9 Å². The third kappa shape index (κ3) is 5.26. The molecule has 0 aromatic heterocycles. The molecule has 0 bridgehead atoms. The number of amides is 2. The summed E-state index contributed by atoms with van der Waals surface area (Å²) < 4.78 is 33.0. The molecule has 2 amide bonds. The summed E-state index contributed by atoms with van der Waals surface area (Å²) in [6, 6.07) is 19.5. The van der Waals surface area contributed by atoms with Crippen molar-refractivity contribution in [2.75, 3.05) is 22.5 Å². The second-order valence-electron chi connectivity index (χ2n) is 6.28. The number of methoxy groups -OCH3 is 1. The lowest BCUT2D eigenvalue weighted by atomic mass is 10.2. The first-order valence-corrected chi connectivity index (χ1v) is 10.3. The number of aryl methyl sites for hydroxylation is 1. The molecule has 0 aliphatic rings. The number of ether oxygens (including phenoxy) is 1. The lowest BCUT2D eigenvalue weighted by Crippen LogP contribution is -2.21. The number of sulfonamides is 1. The molecule has 3 rings (SSSR count). The fraction of sp³-hybridized carbons (Fsp3) is 0.0952. The second kappa shape index (κ2) is 8.66. The average molecular weight is 411 g/mol. The first-order chi connectivity index (χ1) is 13.9. The van der Waals surface area contributed by atoms with E-state index in [1.54, 1.807) is 60.7 Å². The first kappa shape index (κ1) is 20.2. The number of para-hydroxylation sites is 2. The molecule has 150 valence electrons. The fourth-order valence-corrected chi connectivity index (χ4v) is 3.67. The van der Waals surface area contributed by atoms with E-state index in [-0.39, 0.29) is 10.6 Å². The van der Waals surface area contributed by atoms with Crippen molar-refractivity contribution < 1.29 is 17.9 Å². The van der Waals surface area contributed by atoms with Crippen molar-refractivity contribution in [3.05, 3.63) is 78.4 Å². The van der Waals surface area contributed by atoms with E-state index in [0.29, 0.717) is 17.1 Å².